The molecule has 0 heterocycles. The van der Waals surface area contributed by atoms with Gasteiger partial charge in [-0.1, -0.05) is 11.8 Å². The lowest BCUT2D eigenvalue weighted by molar-refractivity contribution is -0.135. The van der Waals surface area contributed by atoms with Gasteiger partial charge in [0.25, 0.3) is 0 Å². The van der Waals surface area contributed by atoms with Crippen molar-refractivity contribution in [2.75, 3.05) is 5.73 Å². The number of aliphatic carboxylic acids is 1. The van der Waals surface area contributed by atoms with Gasteiger partial charge in [0, 0.05) is 11.3 Å². The lowest BCUT2D eigenvalue weighted by Crippen LogP contribution is -1.99. The molecule has 0 saturated carbocycles. The normalized spacial score (nSPS) is 9.00. The van der Waals surface area contributed by atoms with Crippen molar-refractivity contribution in [1.29, 1.82) is 0 Å². The fourth-order valence-electron chi connectivity index (χ4n) is 1.02. The molecule has 0 aliphatic heterocycles. The number of nitrogen functional groups attached to an aromatic ring is 1. The van der Waals surface area contributed by atoms with E-state index in [1.807, 2.05) is 0 Å². The van der Waals surface area contributed by atoms with E-state index in [0.717, 1.165) is 0 Å². The molecule has 82 valence electrons. The Hall–Kier alpha value is -2.48. The van der Waals surface area contributed by atoms with Crippen LogP contribution in [-0.2, 0) is 4.79 Å². The van der Waals surface area contributed by atoms with E-state index in [4.69, 9.17) is 15.9 Å². The molecular weight excluding hydrogens is 210 g/mol. The summed E-state index contributed by atoms with van der Waals surface area (Å²) in [7, 11) is 0. The minimum absolute atomic E-state index is 0.0706. The van der Waals surface area contributed by atoms with Crippen molar-refractivity contribution >= 4 is 17.6 Å². The van der Waals surface area contributed by atoms with Crippen LogP contribution in [0.4, 0.5) is 5.69 Å². The Bertz CT molecular complexity index is 496. The second-order valence-corrected chi connectivity index (χ2v) is 2.98. The average Bonchev–Trinajstić information content (AvgIpc) is 2.19. The van der Waals surface area contributed by atoms with Crippen LogP contribution in [0, 0.1) is 11.8 Å². The minimum Gasteiger partial charge on any atom is -0.481 e. The van der Waals surface area contributed by atoms with E-state index in [-0.39, 0.29) is 17.7 Å². The van der Waals surface area contributed by atoms with Gasteiger partial charge in [-0.3, -0.25) is 4.79 Å². The molecule has 0 atom stereocenters. The maximum atomic E-state index is 10.6. The van der Waals surface area contributed by atoms with Gasteiger partial charge in [-0.2, -0.15) is 0 Å². The van der Waals surface area contributed by atoms with Gasteiger partial charge >= 0.3 is 11.9 Å². The molecule has 5 heteroatoms. The highest BCUT2D eigenvalue weighted by Crippen LogP contribution is 2.13. The number of carboxylic acids is 2. The lowest BCUT2D eigenvalue weighted by Gasteiger charge is -1.99. The van der Waals surface area contributed by atoms with E-state index in [9.17, 15) is 9.59 Å². The molecule has 16 heavy (non-hydrogen) atoms. The molecule has 0 fully saturated rings. The van der Waals surface area contributed by atoms with Crippen molar-refractivity contribution in [2.24, 2.45) is 0 Å². The number of aromatic carboxylic acids is 1. The summed E-state index contributed by atoms with van der Waals surface area (Å²) in [5.74, 6) is 2.88. The third-order valence-corrected chi connectivity index (χ3v) is 1.76. The van der Waals surface area contributed by atoms with E-state index in [0.29, 0.717) is 5.56 Å². The zero-order chi connectivity index (χ0) is 12.1. The van der Waals surface area contributed by atoms with E-state index < -0.39 is 11.9 Å². The highest BCUT2D eigenvalue weighted by Gasteiger charge is 2.04. The monoisotopic (exact) mass is 219 g/mol. The highest BCUT2D eigenvalue weighted by atomic mass is 16.4. The smallest absolute Gasteiger partial charge is 0.335 e. The Kier molecular flexibility index (Phi) is 3.51. The molecule has 0 bridgehead atoms. The Balaban J connectivity index is 2.94. The molecule has 0 unspecified atom stereocenters. The first-order valence-electron chi connectivity index (χ1n) is 4.34. The Labute approximate surface area is 91.5 Å². The summed E-state index contributed by atoms with van der Waals surface area (Å²) in [5.41, 5.74) is 6.28. The first-order valence-corrected chi connectivity index (χ1v) is 4.34. The van der Waals surface area contributed by atoms with E-state index in [2.05, 4.69) is 11.8 Å². The number of hydrogen-bond acceptors (Lipinski definition) is 3. The van der Waals surface area contributed by atoms with Crippen molar-refractivity contribution < 1.29 is 19.8 Å². The number of benzene rings is 1. The Morgan fingerprint density at radius 1 is 1.31 bits per heavy atom. The van der Waals surface area contributed by atoms with Gasteiger partial charge in [0.1, 0.15) is 6.42 Å². The predicted octanol–water partition coefficient (Wildman–Crippen LogP) is 0.793. The summed E-state index contributed by atoms with van der Waals surface area (Å²) >= 11 is 0. The second-order valence-electron chi connectivity index (χ2n) is 2.98. The van der Waals surface area contributed by atoms with Crippen LogP contribution in [-0.4, -0.2) is 22.2 Å². The predicted molar refractivity (Wildman–Crippen MR) is 56.9 cm³/mol. The van der Waals surface area contributed by atoms with Crippen LogP contribution in [0.1, 0.15) is 22.3 Å². The van der Waals surface area contributed by atoms with Gasteiger partial charge in [-0.25, -0.2) is 4.79 Å². The summed E-state index contributed by atoms with van der Waals surface area (Å²) in [6, 6.07) is 4.10. The van der Waals surface area contributed by atoms with Crippen LogP contribution in [0.15, 0.2) is 18.2 Å². The standard InChI is InChI=1S/C11H9NO4/c12-9-6-8(11(15)16)5-4-7(9)2-1-3-10(13)14/h4-6H,3,12H2,(H,13,14)(H,15,16). The molecule has 5 nitrogen and oxygen atoms in total. The van der Waals surface area contributed by atoms with Gasteiger partial charge in [-0.15, -0.1) is 0 Å². The number of nitrogens with two attached hydrogens (primary N) is 1. The van der Waals surface area contributed by atoms with E-state index in [1.165, 1.54) is 18.2 Å². The third kappa shape index (κ3) is 3.03. The van der Waals surface area contributed by atoms with Crippen molar-refractivity contribution in [1.82, 2.24) is 0 Å². The zero-order valence-corrected chi connectivity index (χ0v) is 8.23. The van der Waals surface area contributed by atoms with Crippen molar-refractivity contribution in [3.63, 3.8) is 0 Å². The summed E-state index contributed by atoms with van der Waals surface area (Å²) in [6.07, 6.45) is -0.278. The van der Waals surface area contributed by atoms with Crippen molar-refractivity contribution in [3.8, 4) is 11.8 Å². The molecule has 1 rings (SSSR count). The maximum absolute atomic E-state index is 10.6. The minimum atomic E-state index is -1.07. The lowest BCUT2D eigenvalue weighted by atomic mass is 10.1. The highest BCUT2D eigenvalue weighted by molar-refractivity contribution is 5.89. The quantitative estimate of drug-likeness (QED) is 0.504. The van der Waals surface area contributed by atoms with Crippen LogP contribution < -0.4 is 5.73 Å². The first kappa shape index (κ1) is 11.6. The topological polar surface area (TPSA) is 101 Å². The van der Waals surface area contributed by atoms with Crippen molar-refractivity contribution in [2.45, 2.75) is 6.42 Å². The second kappa shape index (κ2) is 4.84. The summed E-state index contributed by atoms with van der Waals surface area (Å²) < 4.78 is 0. The van der Waals surface area contributed by atoms with Gasteiger partial charge < -0.3 is 15.9 Å². The largest absolute Gasteiger partial charge is 0.481 e. The number of anilines is 1. The van der Waals surface area contributed by atoms with E-state index in [1.54, 1.807) is 0 Å². The maximum Gasteiger partial charge on any atom is 0.335 e. The fraction of sp³-hybridized carbons (Fsp3) is 0.0909. The molecule has 0 aliphatic carbocycles. The molecule has 0 radical (unpaired) electrons. The van der Waals surface area contributed by atoms with Crippen LogP contribution in [0.2, 0.25) is 0 Å². The van der Waals surface area contributed by atoms with Gasteiger partial charge in [-0.05, 0) is 18.2 Å². The van der Waals surface area contributed by atoms with Gasteiger partial charge in [0.15, 0.2) is 0 Å². The zero-order valence-electron chi connectivity index (χ0n) is 8.23. The molecule has 1 aromatic rings. The van der Waals surface area contributed by atoms with Crippen LogP contribution in [0.25, 0.3) is 0 Å². The molecule has 1 aromatic carbocycles. The molecule has 0 aliphatic rings. The van der Waals surface area contributed by atoms with Crippen molar-refractivity contribution in [3.05, 3.63) is 29.3 Å². The van der Waals surface area contributed by atoms with Crippen LogP contribution in [0.3, 0.4) is 0 Å². The number of carboxylic acid groups (broad SMARTS) is 2. The molecule has 0 amide bonds. The van der Waals surface area contributed by atoms with Crippen LogP contribution >= 0.6 is 0 Å². The molecule has 0 spiro atoms. The summed E-state index contributed by atoms with van der Waals surface area (Å²) in [5, 5.41) is 17.0. The van der Waals surface area contributed by atoms with E-state index >= 15 is 0 Å². The third-order valence-electron chi connectivity index (χ3n) is 1.76. The molecule has 4 N–H and O–H groups in total. The summed E-state index contributed by atoms with van der Waals surface area (Å²) in [6.45, 7) is 0. The SMILES string of the molecule is Nc1cc(C(=O)O)ccc1C#CCC(=O)O. The number of carbonyl (C=O) groups is 2. The molecule has 0 aromatic heterocycles. The number of rotatable bonds is 2. The fourth-order valence-corrected chi connectivity index (χ4v) is 1.02. The average molecular weight is 219 g/mol. The first-order chi connectivity index (χ1) is 7.50. The van der Waals surface area contributed by atoms with Crippen LogP contribution in [0.5, 0.6) is 0 Å². The molecule has 0 saturated heterocycles. The van der Waals surface area contributed by atoms with Gasteiger partial charge in [0.05, 0.1) is 5.56 Å². The van der Waals surface area contributed by atoms with Gasteiger partial charge in [0.2, 0.25) is 0 Å². The molecular formula is C11H9NO4. The Morgan fingerprint density at radius 3 is 2.50 bits per heavy atom. The Morgan fingerprint density at radius 2 is 2.00 bits per heavy atom. The summed E-state index contributed by atoms with van der Waals surface area (Å²) in [4.78, 5) is 20.8. The number of hydrogen-bond donors (Lipinski definition) is 3.